The zero-order valence-electron chi connectivity index (χ0n) is 30.1. The van der Waals surface area contributed by atoms with Crippen LogP contribution in [0.15, 0.2) is 176 Å². The number of nitriles is 1. The molecule has 0 radical (unpaired) electrons. The molecule has 1 aliphatic heterocycles. The molecule has 0 saturated heterocycles. The molecule has 9 aromatic rings. The molecular weight excluding hydrogens is 657 g/mol. The molecule has 0 N–H and O–H groups in total. The molecule has 1 unspecified atom stereocenters. The summed E-state index contributed by atoms with van der Waals surface area (Å²) in [4.78, 5) is 9.67. The molecule has 256 valence electrons. The Labute approximate surface area is 315 Å². The third kappa shape index (κ3) is 4.86. The highest BCUT2D eigenvalue weighted by molar-refractivity contribution is 6.28. The Balaban J connectivity index is 1.19. The molecule has 0 saturated carbocycles. The fraction of sp³-hybridized carbons (Fsp3) is 0.0800. The van der Waals surface area contributed by atoms with Crippen LogP contribution in [0, 0.1) is 11.3 Å². The lowest BCUT2D eigenvalue weighted by Gasteiger charge is -2.36. The van der Waals surface area contributed by atoms with E-state index in [1.807, 2.05) is 24.4 Å². The van der Waals surface area contributed by atoms with Gasteiger partial charge in [-0.1, -0.05) is 129 Å². The Hall–Kier alpha value is -6.96. The van der Waals surface area contributed by atoms with E-state index in [2.05, 4.69) is 181 Å². The maximum atomic E-state index is 9.90. The lowest BCUT2D eigenvalue weighted by atomic mass is 9.77. The fourth-order valence-corrected chi connectivity index (χ4v) is 8.90. The second-order valence-electron chi connectivity index (χ2n) is 14.8. The second kappa shape index (κ2) is 12.3. The van der Waals surface area contributed by atoms with Crippen LogP contribution in [0.25, 0.3) is 43.4 Å². The average molecular weight is 693 g/mol. The maximum Gasteiger partial charge on any atom is 0.137 e. The molecule has 0 aliphatic carbocycles. The van der Waals surface area contributed by atoms with E-state index in [-0.39, 0.29) is 11.5 Å². The zero-order chi connectivity index (χ0) is 36.4. The van der Waals surface area contributed by atoms with Gasteiger partial charge in [-0.05, 0) is 98.4 Å². The summed E-state index contributed by atoms with van der Waals surface area (Å²) >= 11 is 0. The number of anilines is 5. The number of rotatable bonds is 6. The fourth-order valence-electron chi connectivity index (χ4n) is 8.90. The van der Waals surface area contributed by atoms with Gasteiger partial charge in [0.2, 0.25) is 0 Å². The van der Waals surface area contributed by atoms with Crippen molar-refractivity contribution in [2.45, 2.75) is 25.3 Å². The smallest absolute Gasteiger partial charge is 0.137 e. The van der Waals surface area contributed by atoms with Crippen molar-refractivity contribution in [2.75, 3.05) is 9.80 Å². The summed E-state index contributed by atoms with van der Waals surface area (Å²) in [5, 5.41) is 17.2. The van der Waals surface area contributed by atoms with Crippen molar-refractivity contribution in [1.29, 1.82) is 5.26 Å². The molecule has 1 aromatic heterocycles. The third-order valence-corrected chi connectivity index (χ3v) is 11.4. The lowest BCUT2D eigenvalue weighted by molar-refractivity contribution is 0.449. The summed E-state index contributed by atoms with van der Waals surface area (Å²) in [5.74, 6) is 0.860. The zero-order valence-corrected chi connectivity index (χ0v) is 30.1. The van der Waals surface area contributed by atoms with Gasteiger partial charge in [0.1, 0.15) is 5.82 Å². The van der Waals surface area contributed by atoms with Crippen molar-refractivity contribution in [2.24, 2.45) is 0 Å². The number of hydrogen-bond acceptors (Lipinski definition) is 4. The minimum atomic E-state index is -0.264. The maximum absolute atomic E-state index is 9.90. The van der Waals surface area contributed by atoms with Crippen LogP contribution in [-0.4, -0.2) is 4.98 Å². The van der Waals surface area contributed by atoms with Crippen molar-refractivity contribution in [3.8, 4) is 17.2 Å². The molecule has 1 aliphatic rings. The van der Waals surface area contributed by atoms with Crippen LogP contribution in [0.1, 0.15) is 36.6 Å². The molecular formula is C50H36N4. The summed E-state index contributed by atoms with van der Waals surface area (Å²) < 4.78 is 0. The number of hydrogen-bond donors (Lipinski definition) is 0. The van der Waals surface area contributed by atoms with Gasteiger partial charge in [0.05, 0.1) is 23.4 Å². The minimum Gasteiger partial charge on any atom is -0.332 e. The SMILES string of the molecule is CC1(C)c2cc(C#N)ccc2N(c2ccc3ccc4c(N(c5ccc(-c6ccccc6)cc5)c5ccccn5)ccc5ccc2c3c54)C1c1ccccc1. The Bertz CT molecular complexity index is 2860. The number of pyridine rings is 1. The van der Waals surface area contributed by atoms with E-state index in [1.54, 1.807) is 0 Å². The van der Waals surface area contributed by atoms with E-state index in [4.69, 9.17) is 4.98 Å². The average Bonchev–Trinajstić information content (AvgIpc) is 3.47. The summed E-state index contributed by atoms with van der Waals surface area (Å²) in [7, 11) is 0. The van der Waals surface area contributed by atoms with Gasteiger partial charge in [-0.15, -0.1) is 0 Å². The molecule has 2 heterocycles. The van der Waals surface area contributed by atoms with Crippen molar-refractivity contribution in [3.63, 3.8) is 0 Å². The van der Waals surface area contributed by atoms with Gasteiger partial charge in [-0.2, -0.15) is 5.26 Å². The highest BCUT2D eigenvalue weighted by atomic mass is 15.2. The summed E-state index contributed by atoms with van der Waals surface area (Å²) in [6.07, 6.45) is 1.86. The summed E-state index contributed by atoms with van der Waals surface area (Å²) in [6.45, 7) is 4.62. The first-order chi connectivity index (χ1) is 26.5. The Morgan fingerprint density at radius 1 is 0.611 bits per heavy atom. The van der Waals surface area contributed by atoms with Gasteiger partial charge in [0.25, 0.3) is 0 Å². The number of fused-ring (bicyclic) bond motifs is 1. The van der Waals surface area contributed by atoms with Crippen molar-refractivity contribution in [1.82, 2.24) is 4.98 Å². The van der Waals surface area contributed by atoms with Crippen LogP contribution in [0.3, 0.4) is 0 Å². The van der Waals surface area contributed by atoms with Gasteiger partial charge >= 0.3 is 0 Å². The first-order valence-corrected chi connectivity index (χ1v) is 18.5. The van der Waals surface area contributed by atoms with Crippen LogP contribution < -0.4 is 9.80 Å². The predicted molar refractivity (Wildman–Crippen MR) is 224 cm³/mol. The standard InChI is InChI=1S/C50H36N4/c1-50(2)42-31-33(32-51)16-27-45(42)54(49(50)38-13-7-4-8-14-38)44-29-22-37-19-25-40-43(28-21-36-20-26-41(44)48(37)47(36)40)53(46-15-9-10-30-52-46)39-23-17-35(18-24-39)34-11-5-3-6-12-34/h3-31,49H,1-2H3. The van der Waals surface area contributed by atoms with E-state index in [9.17, 15) is 5.26 Å². The van der Waals surface area contributed by atoms with Crippen LogP contribution in [0.4, 0.5) is 28.6 Å². The van der Waals surface area contributed by atoms with Crippen LogP contribution >= 0.6 is 0 Å². The van der Waals surface area contributed by atoms with Crippen molar-refractivity contribution >= 4 is 60.9 Å². The number of nitrogens with zero attached hydrogens (tertiary/aromatic N) is 4. The quantitative estimate of drug-likeness (QED) is 0.163. The Morgan fingerprint density at radius 3 is 1.96 bits per heavy atom. The molecule has 4 heteroatoms. The van der Waals surface area contributed by atoms with Gasteiger partial charge in [-0.25, -0.2) is 4.98 Å². The number of aromatic nitrogens is 1. The molecule has 0 fully saturated rings. The molecule has 0 amide bonds. The van der Waals surface area contributed by atoms with Crippen molar-refractivity contribution < 1.29 is 0 Å². The summed E-state index contributed by atoms with van der Waals surface area (Å²) in [6, 6.07) is 62.9. The van der Waals surface area contributed by atoms with E-state index >= 15 is 0 Å². The normalized spacial score (nSPS) is 14.8. The molecule has 54 heavy (non-hydrogen) atoms. The molecule has 0 bridgehead atoms. The van der Waals surface area contributed by atoms with Crippen molar-refractivity contribution in [3.05, 3.63) is 193 Å². The second-order valence-corrected chi connectivity index (χ2v) is 14.8. The molecule has 8 aromatic carbocycles. The Morgan fingerprint density at radius 2 is 1.24 bits per heavy atom. The van der Waals surface area contributed by atoms with E-state index in [0.29, 0.717) is 5.56 Å². The molecule has 10 rings (SSSR count). The number of benzene rings is 8. The highest BCUT2D eigenvalue weighted by Gasteiger charge is 2.46. The van der Waals surface area contributed by atoms with Crippen LogP contribution in [0.2, 0.25) is 0 Å². The van der Waals surface area contributed by atoms with Gasteiger partial charge < -0.3 is 4.90 Å². The lowest BCUT2D eigenvalue weighted by Crippen LogP contribution is -2.31. The topological polar surface area (TPSA) is 43.2 Å². The third-order valence-electron chi connectivity index (χ3n) is 11.4. The van der Waals surface area contributed by atoms with Crippen LogP contribution in [-0.2, 0) is 5.41 Å². The molecule has 4 nitrogen and oxygen atoms in total. The highest BCUT2D eigenvalue weighted by Crippen LogP contribution is 2.57. The first kappa shape index (κ1) is 31.7. The molecule has 0 spiro atoms. The van der Waals surface area contributed by atoms with Gasteiger partial charge in [0, 0.05) is 39.4 Å². The van der Waals surface area contributed by atoms with Gasteiger partial charge in [0.15, 0.2) is 0 Å². The predicted octanol–water partition coefficient (Wildman–Crippen LogP) is 13.2. The van der Waals surface area contributed by atoms with E-state index < -0.39 is 0 Å². The Kier molecular flexibility index (Phi) is 7.25. The first-order valence-electron chi connectivity index (χ1n) is 18.5. The minimum absolute atomic E-state index is 0.0233. The summed E-state index contributed by atoms with van der Waals surface area (Å²) in [5.41, 5.74) is 9.64. The molecule has 1 atom stereocenters. The van der Waals surface area contributed by atoms with E-state index in [1.165, 1.54) is 54.6 Å². The van der Waals surface area contributed by atoms with Crippen LogP contribution in [0.5, 0.6) is 0 Å². The van der Waals surface area contributed by atoms with E-state index in [0.717, 1.165) is 28.6 Å². The monoisotopic (exact) mass is 692 g/mol. The largest absolute Gasteiger partial charge is 0.332 e. The van der Waals surface area contributed by atoms with Gasteiger partial charge in [-0.3, -0.25) is 4.90 Å².